The van der Waals surface area contributed by atoms with E-state index in [1.165, 1.54) is 16.2 Å². The number of thiazole rings is 1. The number of nitrogens with two attached hydrogens (primary N) is 1. The highest BCUT2D eigenvalue weighted by Crippen LogP contribution is 2.29. The summed E-state index contributed by atoms with van der Waals surface area (Å²) in [7, 11) is 0. The predicted molar refractivity (Wildman–Crippen MR) is 66.7 cm³/mol. The quantitative estimate of drug-likeness (QED) is 0.828. The number of carbonyl (C=O) groups excluding carboxylic acids is 1. The van der Waals surface area contributed by atoms with E-state index < -0.39 is 0 Å². The monoisotopic (exact) mass is 232 g/mol. The van der Waals surface area contributed by atoms with Gasteiger partial charge >= 0.3 is 0 Å². The summed E-state index contributed by atoms with van der Waals surface area (Å²) in [6, 6.07) is 7.38. The van der Waals surface area contributed by atoms with Crippen LogP contribution in [0.5, 0.6) is 0 Å². The molecular weight excluding hydrogens is 220 g/mol. The number of benzene rings is 1. The fourth-order valence-electron chi connectivity index (χ4n) is 1.55. The largest absolute Gasteiger partial charge is 0.375 e. The van der Waals surface area contributed by atoms with Crippen molar-refractivity contribution >= 4 is 22.8 Å². The smallest absolute Gasteiger partial charge is 0.180 e. The van der Waals surface area contributed by atoms with Crippen molar-refractivity contribution < 1.29 is 4.79 Å². The third kappa shape index (κ3) is 1.97. The first-order valence-corrected chi connectivity index (χ1v) is 5.87. The molecule has 0 aliphatic rings. The molecule has 2 rings (SSSR count). The fourth-order valence-corrected chi connectivity index (χ4v) is 2.35. The Hall–Kier alpha value is -1.68. The van der Waals surface area contributed by atoms with Gasteiger partial charge in [-0.05, 0) is 6.42 Å². The zero-order chi connectivity index (χ0) is 11.5. The van der Waals surface area contributed by atoms with Crippen LogP contribution in [0.15, 0.2) is 24.3 Å². The Labute approximate surface area is 97.9 Å². The Morgan fingerprint density at radius 1 is 1.38 bits per heavy atom. The number of rotatable bonds is 3. The molecule has 82 valence electrons. The molecule has 1 aromatic heterocycles. The molecule has 2 N–H and O–H groups in total. The maximum Gasteiger partial charge on any atom is 0.180 e. The van der Waals surface area contributed by atoms with Crippen LogP contribution in [0.2, 0.25) is 0 Å². The molecule has 0 atom stereocenters. The third-order valence-corrected chi connectivity index (χ3v) is 3.38. The molecule has 0 spiro atoms. The lowest BCUT2D eigenvalue weighted by Crippen LogP contribution is -1.86. The lowest BCUT2D eigenvalue weighted by Gasteiger charge is -2.00. The number of hydrogen-bond donors (Lipinski definition) is 1. The van der Waals surface area contributed by atoms with Gasteiger partial charge < -0.3 is 5.73 Å². The molecule has 16 heavy (non-hydrogen) atoms. The zero-order valence-electron chi connectivity index (χ0n) is 8.93. The Morgan fingerprint density at radius 2 is 2.06 bits per heavy atom. The molecule has 3 nitrogen and oxygen atoms in total. The van der Waals surface area contributed by atoms with Crippen LogP contribution in [0, 0.1) is 0 Å². The molecule has 0 aliphatic heterocycles. The molecule has 1 aromatic carbocycles. The molecule has 0 aliphatic carbocycles. The van der Waals surface area contributed by atoms with Crippen molar-refractivity contribution in [1.82, 2.24) is 4.98 Å². The van der Waals surface area contributed by atoms with E-state index in [4.69, 9.17) is 5.73 Å². The Morgan fingerprint density at radius 3 is 2.62 bits per heavy atom. The van der Waals surface area contributed by atoms with Crippen LogP contribution < -0.4 is 5.73 Å². The molecule has 0 saturated heterocycles. The molecule has 0 fully saturated rings. The fraction of sp³-hybridized carbons (Fsp3) is 0.167. The first kappa shape index (κ1) is 10.8. The van der Waals surface area contributed by atoms with Gasteiger partial charge in [0.2, 0.25) is 0 Å². The minimum atomic E-state index is 0.589. The summed E-state index contributed by atoms with van der Waals surface area (Å²) < 4.78 is 0. The summed E-state index contributed by atoms with van der Waals surface area (Å²) >= 11 is 1.52. The molecular formula is C12H12N2OS. The van der Waals surface area contributed by atoms with Gasteiger partial charge in [0.15, 0.2) is 5.13 Å². The van der Waals surface area contributed by atoms with E-state index in [1.54, 1.807) is 12.1 Å². The van der Waals surface area contributed by atoms with Gasteiger partial charge in [-0.1, -0.05) is 31.2 Å². The summed E-state index contributed by atoms with van der Waals surface area (Å²) in [6.45, 7) is 2.08. The second-order valence-corrected chi connectivity index (χ2v) is 4.53. The first-order chi connectivity index (χ1) is 7.74. The Kier molecular flexibility index (Phi) is 3.01. The lowest BCUT2D eigenvalue weighted by molar-refractivity contribution is 0.112. The topological polar surface area (TPSA) is 56.0 Å². The van der Waals surface area contributed by atoms with Crippen LogP contribution in [0.4, 0.5) is 5.13 Å². The number of hydrogen-bond acceptors (Lipinski definition) is 4. The maximum atomic E-state index is 10.5. The Bertz CT molecular complexity index is 502. The van der Waals surface area contributed by atoms with Crippen molar-refractivity contribution in [3.05, 3.63) is 34.7 Å². The molecule has 2 aromatic rings. The number of nitrogens with zero attached hydrogens (tertiary/aromatic N) is 1. The van der Waals surface area contributed by atoms with Gasteiger partial charge in [-0.15, -0.1) is 11.3 Å². The second-order valence-electron chi connectivity index (χ2n) is 3.42. The standard InChI is InChI=1S/C12H12N2OS/c1-2-10-11(14-12(13)16-10)9-5-3-8(7-15)4-6-9/h3-7H,2H2,1H3,(H2,13,14). The third-order valence-electron chi connectivity index (χ3n) is 2.36. The number of aryl methyl sites for hydroxylation is 1. The molecule has 0 saturated carbocycles. The van der Waals surface area contributed by atoms with Crippen molar-refractivity contribution in [3.63, 3.8) is 0 Å². The molecule has 4 heteroatoms. The number of aldehydes is 1. The van der Waals surface area contributed by atoms with Crippen molar-refractivity contribution in [3.8, 4) is 11.3 Å². The summed E-state index contributed by atoms with van der Waals surface area (Å²) in [4.78, 5) is 16.0. The van der Waals surface area contributed by atoms with Crippen molar-refractivity contribution in [2.75, 3.05) is 5.73 Å². The van der Waals surface area contributed by atoms with E-state index in [1.807, 2.05) is 12.1 Å². The number of nitrogen functional groups attached to an aromatic ring is 1. The number of carbonyl (C=O) groups is 1. The van der Waals surface area contributed by atoms with Gasteiger partial charge in [-0.3, -0.25) is 4.79 Å². The average molecular weight is 232 g/mol. The Balaban J connectivity index is 2.45. The molecule has 0 unspecified atom stereocenters. The minimum Gasteiger partial charge on any atom is -0.375 e. The maximum absolute atomic E-state index is 10.5. The minimum absolute atomic E-state index is 0.589. The van der Waals surface area contributed by atoms with E-state index in [0.717, 1.165) is 24.0 Å². The van der Waals surface area contributed by atoms with Crippen molar-refractivity contribution in [2.24, 2.45) is 0 Å². The van der Waals surface area contributed by atoms with Crippen LogP contribution in [-0.4, -0.2) is 11.3 Å². The first-order valence-electron chi connectivity index (χ1n) is 5.05. The van der Waals surface area contributed by atoms with Crippen LogP contribution in [0.3, 0.4) is 0 Å². The molecule has 0 radical (unpaired) electrons. The van der Waals surface area contributed by atoms with Crippen molar-refractivity contribution in [2.45, 2.75) is 13.3 Å². The van der Waals surface area contributed by atoms with E-state index in [0.29, 0.717) is 10.7 Å². The predicted octanol–water partition coefficient (Wildman–Crippen LogP) is 2.77. The summed E-state index contributed by atoms with van der Waals surface area (Å²) in [5.74, 6) is 0. The second kappa shape index (κ2) is 4.45. The van der Waals surface area contributed by atoms with Crippen LogP contribution >= 0.6 is 11.3 Å². The average Bonchev–Trinajstić information content (AvgIpc) is 2.70. The van der Waals surface area contributed by atoms with Gasteiger partial charge in [0, 0.05) is 16.0 Å². The van der Waals surface area contributed by atoms with E-state index in [-0.39, 0.29) is 0 Å². The summed E-state index contributed by atoms with van der Waals surface area (Å²) in [5.41, 5.74) is 8.31. The van der Waals surface area contributed by atoms with Crippen LogP contribution in [-0.2, 0) is 6.42 Å². The zero-order valence-corrected chi connectivity index (χ0v) is 9.75. The van der Waals surface area contributed by atoms with E-state index in [9.17, 15) is 4.79 Å². The summed E-state index contributed by atoms with van der Waals surface area (Å²) in [6.07, 6.45) is 1.75. The van der Waals surface area contributed by atoms with Gasteiger partial charge in [0.25, 0.3) is 0 Å². The van der Waals surface area contributed by atoms with Gasteiger partial charge in [-0.25, -0.2) is 4.98 Å². The lowest BCUT2D eigenvalue weighted by atomic mass is 10.1. The van der Waals surface area contributed by atoms with Crippen LogP contribution in [0.25, 0.3) is 11.3 Å². The van der Waals surface area contributed by atoms with E-state index in [2.05, 4.69) is 11.9 Å². The van der Waals surface area contributed by atoms with Crippen LogP contribution in [0.1, 0.15) is 22.2 Å². The number of anilines is 1. The van der Waals surface area contributed by atoms with Gasteiger partial charge in [0.05, 0.1) is 5.69 Å². The molecule has 1 heterocycles. The molecule has 0 bridgehead atoms. The highest BCUT2D eigenvalue weighted by molar-refractivity contribution is 7.15. The SMILES string of the molecule is CCc1sc(N)nc1-c1ccc(C=O)cc1. The highest BCUT2D eigenvalue weighted by Gasteiger charge is 2.09. The normalized spacial score (nSPS) is 10.3. The van der Waals surface area contributed by atoms with E-state index >= 15 is 0 Å². The molecule has 0 amide bonds. The van der Waals surface area contributed by atoms with Gasteiger partial charge in [0.1, 0.15) is 6.29 Å². The number of aromatic nitrogens is 1. The van der Waals surface area contributed by atoms with Crippen molar-refractivity contribution in [1.29, 1.82) is 0 Å². The highest BCUT2D eigenvalue weighted by atomic mass is 32.1. The van der Waals surface area contributed by atoms with Gasteiger partial charge in [-0.2, -0.15) is 0 Å². The summed E-state index contributed by atoms with van der Waals surface area (Å²) in [5, 5.41) is 0.589.